The van der Waals surface area contributed by atoms with Crippen molar-refractivity contribution in [3.8, 4) is 28.8 Å². The van der Waals surface area contributed by atoms with Gasteiger partial charge in [0.1, 0.15) is 6.07 Å². The van der Waals surface area contributed by atoms with E-state index in [-0.39, 0.29) is 0 Å². The Morgan fingerprint density at radius 2 is 0.526 bits per heavy atom. The van der Waals surface area contributed by atoms with Crippen molar-refractivity contribution >= 4 is 137 Å². The number of hydrogen-bond acceptors (Lipinski definition) is 2. The maximum atomic E-state index is 12.5. The van der Waals surface area contributed by atoms with Crippen LogP contribution in [0.4, 0.5) is 0 Å². The SMILES string of the molecule is N#Cc1c(C=N)c(-n2c3ccccc3c3c4ccccc4ccc32)c(-n2c3ccccc3c3c4ccccc4ccc32)c(-n2c3ccccc3c3c4ccccc4ccc32)c1-n1c2ccccc2c2c3ccccc3ccc21. The van der Waals surface area contributed by atoms with Gasteiger partial charge < -0.3 is 23.7 Å². The molecule has 17 rings (SSSR count). The smallest absolute Gasteiger partial charge is 0.102 e. The van der Waals surface area contributed by atoms with E-state index in [0.29, 0.717) is 16.8 Å². The zero-order valence-corrected chi connectivity index (χ0v) is 41.9. The van der Waals surface area contributed by atoms with E-state index in [1.807, 2.05) is 0 Å². The minimum absolute atomic E-state index is 0.388. The fourth-order valence-corrected chi connectivity index (χ4v) is 13.8. The molecule has 6 nitrogen and oxygen atoms in total. The average molecular weight is 991 g/mol. The predicted octanol–water partition coefficient (Wildman–Crippen LogP) is 18.6. The van der Waals surface area contributed by atoms with E-state index in [2.05, 4.69) is 267 Å². The zero-order chi connectivity index (χ0) is 51.3. The molecule has 360 valence electrons. The van der Waals surface area contributed by atoms with E-state index in [9.17, 15) is 10.7 Å². The maximum absolute atomic E-state index is 12.5. The molecule has 17 aromatic rings. The summed E-state index contributed by atoms with van der Waals surface area (Å²) in [7, 11) is 0. The van der Waals surface area contributed by atoms with Gasteiger partial charge in [0.15, 0.2) is 0 Å². The number of hydrogen-bond donors (Lipinski definition) is 1. The molecule has 0 aliphatic carbocycles. The first-order valence-corrected chi connectivity index (χ1v) is 26.5. The highest BCUT2D eigenvalue weighted by atomic mass is 15.1. The van der Waals surface area contributed by atoms with Crippen molar-refractivity contribution in [3.05, 3.63) is 254 Å². The first kappa shape index (κ1) is 42.6. The third-order valence-corrected chi connectivity index (χ3v) is 16.8. The van der Waals surface area contributed by atoms with Crippen LogP contribution in [0.15, 0.2) is 243 Å². The molecule has 0 spiro atoms. The second-order valence-electron chi connectivity index (χ2n) is 20.6. The van der Waals surface area contributed by atoms with E-state index < -0.39 is 0 Å². The summed E-state index contributed by atoms with van der Waals surface area (Å²) in [5, 5.41) is 40.5. The number of para-hydroxylation sites is 4. The molecule has 0 aliphatic rings. The molecule has 0 bridgehead atoms. The molecule has 4 aromatic heterocycles. The fourth-order valence-electron chi connectivity index (χ4n) is 13.8. The molecule has 6 heteroatoms. The van der Waals surface area contributed by atoms with Crippen molar-refractivity contribution in [2.75, 3.05) is 0 Å². The maximum Gasteiger partial charge on any atom is 0.102 e. The van der Waals surface area contributed by atoms with E-state index in [1.54, 1.807) is 0 Å². The van der Waals surface area contributed by atoms with Gasteiger partial charge in [0.25, 0.3) is 0 Å². The first-order valence-electron chi connectivity index (χ1n) is 26.5. The Morgan fingerprint density at radius 1 is 0.269 bits per heavy atom. The normalized spacial score (nSPS) is 12.1. The number of nitriles is 1. The topological polar surface area (TPSA) is 67.4 Å². The van der Waals surface area contributed by atoms with Crippen LogP contribution in [-0.2, 0) is 0 Å². The molecule has 0 saturated heterocycles. The highest BCUT2D eigenvalue weighted by Gasteiger charge is 2.35. The lowest BCUT2D eigenvalue weighted by Gasteiger charge is -2.28. The Kier molecular flexibility index (Phi) is 8.68. The van der Waals surface area contributed by atoms with Gasteiger partial charge in [-0.3, -0.25) is 0 Å². The number of nitrogens with one attached hydrogen (secondary N) is 1. The zero-order valence-electron chi connectivity index (χ0n) is 41.9. The summed E-state index contributed by atoms with van der Waals surface area (Å²) in [6, 6.07) is 90.1. The predicted molar refractivity (Wildman–Crippen MR) is 326 cm³/mol. The van der Waals surface area contributed by atoms with Gasteiger partial charge in [-0.05, 0) is 91.6 Å². The Labute approximate surface area is 445 Å². The lowest BCUT2D eigenvalue weighted by atomic mass is 9.98. The molecule has 1 N–H and O–H groups in total. The standard InChI is InChI=1S/C72H42N6/c73-41-55-56(42-74)70(76-58-30-14-10-26-52(58)66-48-22-6-2-18-44(48)34-38-62(66)76)72(78-60-32-16-12-28-54(60)68-50-24-8-4-20-46(50)36-40-64(68)78)71(77-59-31-15-11-27-53(59)67-49-23-7-3-19-45(49)35-39-63(67)77)69(55)75-57-29-13-9-25-51(57)65-47-21-5-1-17-43(47)33-37-61(65)75/h1-41,73H. The third-order valence-electron chi connectivity index (χ3n) is 16.8. The fraction of sp³-hybridized carbons (Fsp3) is 0. The summed E-state index contributed by atoms with van der Waals surface area (Å²) in [6.07, 6.45) is 1.44. The minimum Gasteiger partial charge on any atom is -0.308 e. The van der Waals surface area contributed by atoms with Gasteiger partial charge in [-0.1, -0.05) is 194 Å². The molecule has 0 radical (unpaired) electrons. The van der Waals surface area contributed by atoms with E-state index in [0.717, 1.165) is 147 Å². The van der Waals surface area contributed by atoms with Gasteiger partial charge in [0, 0.05) is 54.9 Å². The lowest BCUT2D eigenvalue weighted by molar-refractivity contribution is 1.02. The van der Waals surface area contributed by atoms with Crippen LogP contribution in [0.5, 0.6) is 0 Å². The first-order chi connectivity index (χ1) is 38.7. The van der Waals surface area contributed by atoms with Crippen molar-refractivity contribution in [1.29, 1.82) is 10.7 Å². The van der Waals surface area contributed by atoms with Gasteiger partial charge in [0.2, 0.25) is 0 Å². The van der Waals surface area contributed by atoms with Crippen LogP contribution in [0, 0.1) is 16.7 Å². The molecular formula is C72H42N6. The van der Waals surface area contributed by atoms with E-state index >= 15 is 0 Å². The van der Waals surface area contributed by atoms with Crippen LogP contribution in [0.2, 0.25) is 0 Å². The van der Waals surface area contributed by atoms with Crippen molar-refractivity contribution in [2.45, 2.75) is 0 Å². The van der Waals surface area contributed by atoms with Gasteiger partial charge in [-0.2, -0.15) is 5.26 Å². The Bertz CT molecular complexity index is 5560. The molecule has 13 aromatic carbocycles. The van der Waals surface area contributed by atoms with Crippen LogP contribution in [-0.4, -0.2) is 24.5 Å². The Hall–Kier alpha value is -10.7. The monoisotopic (exact) mass is 990 g/mol. The van der Waals surface area contributed by atoms with Crippen molar-refractivity contribution in [1.82, 2.24) is 18.3 Å². The summed E-state index contributed by atoms with van der Waals surface area (Å²) in [4.78, 5) is 0. The number of nitrogens with zero attached hydrogens (tertiary/aromatic N) is 5. The molecule has 0 aliphatic heterocycles. The molecule has 0 fully saturated rings. The number of rotatable bonds is 5. The van der Waals surface area contributed by atoms with Crippen LogP contribution >= 0.6 is 0 Å². The molecule has 0 saturated carbocycles. The third kappa shape index (κ3) is 5.50. The van der Waals surface area contributed by atoms with Gasteiger partial charge in [-0.25, -0.2) is 0 Å². The molecule has 4 heterocycles. The van der Waals surface area contributed by atoms with Crippen LogP contribution < -0.4 is 0 Å². The van der Waals surface area contributed by atoms with Crippen LogP contribution in [0.25, 0.3) is 153 Å². The lowest BCUT2D eigenvalue weighted by Crippen LogP contribution is -2.17. The molecule has 78 heavy (non-hydrogen) atoms. The van der Waals surface area contributed by atoms with Crippen LogP contribution in [0.1, 0.15) is 11.1 Å². The molecular weight excluding hydrogens is 949 g/mol. The minimum atomic E-state index is 0.388. The quantitative estimate of drug-likeness (QED) is 0.172. The second kappa shape index (κ2) is 15.9. The van der Waals surface area contributed by atoms with Crippen molar-refractivity contribution in [3.63, 3.8) is 0 Å². The van der Waals surface area contributed by atoms with Crippen molar-refractivity contribution in [2.24, 2.45) is 0 Å². The Morgan fingerprint density at radius 3 is 0.833 bits per heavy atom. The largest absolute Gasteiger partial charge is 0.308 e. The van der Waals surface area contributed by atoms with Gasteiger partial charge in [0.05, 0.1) is 72.4 Å². The summed E-state index contributed by atoms with van der Waals surface area (Å²) >= 11 is 0. The second-order valence-corrected chi connectivity index (χ2v) is 20.6. The number of fused-ring (bicyclic) bond motifs is 20. The van der Waals surface area contributed by atoms with Gasteiger partial charge in [-0.15, -0.1) is 0 Å². The van der Waals surface area contributed by atoms with Crippen LogP contribution in [0.3, 0.4) is 0 Å². The average Bonchev–Trinajstić information content (AvgIpc) is 4.41. The van der Waals surface area contributed by atoms with Crippen molar-refractivity contribution < 1.29 is 0 Å². The summed E-state index contributed by atoms with van der Waals surface area (Å²) < 4.78 is 9.62. The number of aromatic nitrogens is 4. The highest BCUT2D eigenvalue weighted by Crippen LogP contribution is 2.51. The number of benzene rings is 13. The molecule has 0 atom stereocenters. The van der Waals surface area contributed by atoms with Gasteiger partial charge >= 0.3 is 0 Å². The summed E-state index contributed by atoms with van der Waals surface area (Å²) in [5.74, 6) is 0. The highest BCUT2D eigenvalue weighted by molar-refractivity contribution is 6.27. The van der Waals surface area contributed by atoms with E-state index in [1.165, 1.54) is 6.21 Å². The summed E-state index contributed by atoms with van der Waals surface area (Å²) in [5.41, 5.74) is 11.8. The molecule has 0 unspecified atom stereocenters. The molecule has 0 amide bonds. The van der Waals surface area contributed by atoms with E-state index in [4.69, 9.17) is 0 Å². The summed E-state index contributed by atoms with van der Waals surface area (Å²) in [6.45, 7) is 0. The Balaban J connectivity index is 1.22.